The summed E-state index contributed by atoms with van der Waals surface area (Å²) in [6.07, 6.45) is 1.62. The minimum absolute atomic E-state index is 0.143. The Bertz CT molecular complexity index is 486. The van der Waals surface area contributed by atoms with Gasteiger partial charge in [-0.3, -0.25) is 0 Å². The number of benzene rings is 1. The zero-order valence-electron chi connectivity index (χ0n) is 11.1. The first-order valence-electron chi connectivity index (χ1n) is 6.28. The first-order valence-corrected chi connectivity index (χ1v) is 6.28. The van der Waals surface area contributed by atoms with Gasteiger partial charge in [-0.25, -0.2) is 0 Å². The largest absolute Gasteiger partial charge is 0.423 e. The van der Waals surface area contributed by atoms with Crippen molar-refractivity contribution in [2.75, 3.05) is 7.05 Å². The first kappa shape index (κ1) is 12.8. The summed E-state index contributed by atoms with van der Waals surface area (Å²) >= 11 is 0. The van der Waals surface area contributed by atoms with Gasteiger partial charge >= 0.3 is 0 Å². The summed E-state index contributed by atoms with van der Waals surface area (Å²) in [5.41, 5.74) is 2.44. The van der Waals surface area contributed by atoms with E-state index < -0.39 is 0 Å². The van der Waals surface area contributed by atoms with Gasteiger partial charge in [0.1, 0.15) is 0 Å². The van der Waals surface area contributed by atoms with Crippen molar-refractivity contribution in [1.29, 1.82) is 0 Å². The van der Waals surface area contributed by atoms with Crippen LogP contribution in [0.4, 0.5) is 0 Å². The van der Waals surface area contributed by atoms with Crippen LogP contribution >= 0.6 is 0 Å². The van der Waals surface area contributed by atoms with Gasteiger partial charge in [-0.2, -0.15) is 0 Å². The molecule has 0 saturated carbocycles. The Kier molecular flexibility index (Phi) is 4.10. The molecule has 1 N–H and O–H groups in total. The fourth-order valence-electron chi connectivity index (χ4n) is 1.86. The van der Waals surface area contributed by atoms with Gasteiger partial charge in [0.2, 0.25) is 11.8 Å². The summed E-state index contributed by atoms with van der Waals surface area (Å²) in [6.45, 7) is 4.17. The average molecular weight is 245 g/mol. The van der Waals surface area contributed by atoms with Crippen LogP contribution in [0.2, 0.25) is 0 Å². The van der Waals surface area contributed by atoms with E-state index in [-0.39, 0.29) is 6.04 Å². The van der Waals surface area contributed by atoms with Crippen LogP contribution in [0.3, 0.4) is 0 Å². The second kappa shape index (κ2) is 5.78. The normalized spacial score (nSPS) is 12.6. The molecule has 0 aliphatic heterocycles. The summed E-state index contributed by atoms with van der Waals surface area (Å²) in [7, 11) is 1.90. The van der Waals surface area contributed by atoms with Crippen LogP contribution in [0.15, 0.2) is 28.7 Å². The van der Waals surface area contributed by atoms with Crippen molar-refractivity contribution in [2.24, 2.45) is 0 Å². The van der Waals surface area contributed by atoms with Gasteiger partial charge in [-0.05, 0) is 26.0 Å². The third kappa shape index (κ3) is 2.96. The van der Waals surface area contributed by atoms with E-state index in [1.54, 1.807) is 0 Å². The maximum absolute atomic E-state index is 5.68. The van der Waals surface area contributed by atoms with E-state index in [4.69, 9.17) is 4.42 Å². The van der Waals surface area contributed by atoms with Crippen molar-refractivity contribution < 1.29 is 4.42 Å². The van der Waals surface area contributed by atoms with Gasteiger partial charge in [0.15, 0.2) is 0 Å². The molecule has 0 bridgehead atoms. The number of hydrogen-bond donors (Lipinski definition) is 1. The molecular weight excluding hydrogens is 226 g/mol. The number of hydrogen-bond acceptors (Lipinski definition) is 4. The van der Waals surface area contributed by atoms with Crippen LogP contribution in [0.25, 0.3) is 0 Å². The van der Waals surface area contributed by atoms with Gasteiger partial charge in [0.05, 0.1) is 12.5 Å². The van der Waals surface area contributed by atoms with E-state index in [9.17, 15) is 0 Å². The van der Waals surface area contributed by atoms with Gasteiger partial charge in [-0.15, -0.1) is 10.2 Å². The van der Waals surface area contributed by atoms with Crippen molar-refractivity contribution in [3.8, 4) is 0 Å². The standard InChI is InChI=1S/C14H19N3O/c1-4-12(15-3)14-17-16-13(18-14)9-11-7-5-10(2)6-8-11/h5-8,12,15H,4,9H2,1-3H3. The molecule has 1 heterocycles. The maximum atomic E-state index is 5.68. The third-order valence-electron chi connectivity index (χ3n) is 3.01. The van der Waals surface area contributed by atoms with Gasteiger partial charge in [-0.1, -0.05) is 36.8 Å². The van der Waals surface area contributed by atoms with E-state index in [1.807, 2.05) is 7.05 Å². The highest BCUT2D eigenvalue weighted by Crippen LogP contribution is 2.16. The Morgan fingerprint density at radius 3 is 2.56 bits per heavy atom. The van der Waals surface area contributed by atoms with Crippen molar-refractivity contribution in [2.45, 2.75) is 32.7 Å². The summed E-state index contributed by atoms with van der Waals surface area (Å²) in [6, 6.07) is 8.51. The third-order valence-corrected chi connectivity index (χ3v) is 3.01. The number of aryl methyl sites for hydroxylation is 1. The first-order chi connectivity index (χ1) is 8.72. The monoisotopic (exact) mass is 245 g/mol. The molecule has 2 rings (SSSR count). The molecule has 0 radical (unpaired) electrons. The number of nitrogens with zero attached hydrogens (tertiary/aromatic N) is 2. The van der Waals surface area contributed by atoms with E-state index in [2.05, 4.69) is 53.6 Å². The zero-order chi connectivity index (χ0) is 13.0. The van der Waals surface area contributed by atoms with Crippen LogP contribution in [-0.2, 0) is 6.42 Å². The quantitative estimate of drug-likeness (QED) is 0.879. The van der Waals surface area contributed by atoms with Crippen LogP contribution in [-0.4, -0.2) is 17.2 Å². The van der Waals surface area contributed by atoms with Crippen LogP contribution in [0.5, 0.6) is 0 Å². The molecule has 1 unspecified atom stereocenters. The Balaban J connectivity index is 2.08. The second-order valence-electron chi connectivity index (χ2n) is 4.45. The van der Waals surface area contributed by atoms with Crippen molar-refractivity contribution in [3.05, 3.63) is 47.2 Å². The van der Waals surface area contributed by atoms with Crippen LogP contribution in [0, 0.1) is 6.92 Å². The minimum Gasteiger partial charge on any atom is -0.423 e. The lowest BCUT2D eigenvalue weighted by atomic mass is 10.1. The van der Waals surface area contributed by atoms with Gasteiger partial charge in [0.25, 0.3) is 0 Å². The van der Waals surface area contributed by atoms with Crippen LogP contribution in [0.1, 0.15) is 42.3 Å². The molecule has 0 amide bonds. The lowest BCUT2D eigenvalue weighted by molar-refractivity contribution is 0.390. The summed E-state index contributed by atoms with van der Waals surface area (Å²) < 4.78 is 5.68. The molecule has 1 aromatic carbocycles. The number of aromatic nitrogens is 2. The highest BCUT2D eigenvalue weighted by Gasteiger charge is 2.14. The molecular formula is C14H19N3O. The topological polar surface area (TPSA) is 51.0 Å². The molecule has 2 aromatic rings. The van der Waals surface area contributed by atoms with Gasteiger partial charge < -0.3 is 9.73 Å². The predicted molar refractivity (Wildman–Crippen MR) is 70.4 cm³/mol. The Morgan fingerprint density at radius 1 is 1.22 bits per heavy atom. The Hall–Kier alpha value is -1.68. The molecule has 1 atom stereocenters. The number of rotatable bonds is 5. The van der Waals surface area contributed by atoms with Crippen molar-refractivity contribution >= 4 is 0 Å². The molecule has 96 valence electrons. The highest BCUT2D eigenvalue weighted by molar-refractivity contribution is 5.23. The SMILES string of the molecule is CCC(NC)c1nnc(Cc2ccc(C)cc2)o1. The predicted octanol–water partition coefficient (Wildman–Crippen LogP) is 2.64. The summed E-state index contributed by atoms with van der Waals surface area (Å²) in [4.78, 5) is 0. The van der Waals surface area contributed by atoms with Gasteiger partial charge in [0, 0.05) is 0 Å². The molecule has 0 aliphatic carbocycles. The van der Waals surface area contributed by atoms with E-state index in [1.165, 1.54) is 11.1 Å². The molecule has 0 spiro atoms. The van der Waals surface area contributed by atoms with Crippen molar-refractivity contribution in [1.82, 2.24) is 15.5 Å². The molecule has 0 saturated heterocycles. The van der Waals surface area contributed by atoms with E-state index >= 15 is 0 Å². The fraction of sp³-hybridized carbons (Fsp3) is 0.429. The molecule has 4 heteroatoms. The Morgan fingerprint density at radius 2 is 1.94 bits per heavy atom. The van der Waals surface area contributed by atoms with Crippen LogP contribution < -0.4 is 5.32 Å². The van der Waals surface area contributed by atoms with E-state index in [0.29, 0.717) is 18.2 Å². The molecule has 1 aromatic heterocycles. The molecule has 18 heavy (non-hydrogen) atoms. The summed E-state index contributed by atoms with van der Waals surface area (Å²) in [5.74, 6) is 1.34. The second-order valence-corrected chi connectivity index (χ2v) is 4.45. The lowest BCUT2D eigenvalue weighted by Gasteiger charge is -2.07. The molecule has 4 nitrogen and oxygen atoms in total. The van der Waals surface area contributed by atoms with Crippen molar-refractivity contribution in [3.63, 3.8) is 0 Å². The molecule has 0 fully saturated rings. The molecule has 0 aliphatic rings. The minimum atomic E-state index is 0.143. The fourth-order valence-corrected chi connectivity index (χ4v) is 1.86. The Labute approximate surface area is 107 Å². The highest BCUT2D eigenvalue weighted by atomic mass is 16.4. The zero-order valence-corrected chi connectivity index (χ0v) is 11.1. The summed E-state index contributed by atoms with van der Waals surface area (Å²) in [5, 5.41) is 11.3. The number of nitrogens with one attached hydrogen (secondary N) is 1. The lowest BCUT2D eigenvalue weighted by Crippen LogP contribution is -2.15. The van der Waals surface area contributed by atoms with E-state index in [0.717, 1.165) is 6.42 Å². The average Bonchev–Trinajstić information content (AvgIpc) is 2.82. The maximum Gasteiger partial charge on any atom is 0.233 e. The smallest absolute Gasteiger partial charge is 0.233 e.